The molecule has 0 spiro atoms. The molecular formula is C16H19N5O4S. The molecule has 0 bridgehead atoms. The van der Waals surface area contributed by atoms with E-state index in [0.29, 0.717) is 13.0 Å². The van der Waals surface area contributed by atoms with Gasteiger partial charge in [0.25, 0.3) is 5.56 Å². The highest BCUT2D eigenvalue weighted by Crippen LogP contribution is 2.20. The summed E-state index contributed by atoms with van der Waals surface area (Å²) in [5.41, 5.74) is -0.538. The molecule has 3 rings (SSSR count). The van der Waals surface area contributed by atoms with E-state index in [9.17, 15) is 19.5 Å². The van der Waals surface area contributed by atoms with Crippen LogP contribution in [-0.2, 0) is 25.4 Å². The number of hydrogen-bond acceptors (Lipinski definition) is 6. The van der Waals surface area contributed by atoms with Crippen molar-refractivity contribution in [2.45, 2.75) is 19.1 Å². The molecule has 138 valence electrons. The maximum absolute atomic E-state index is 12.3. The Morgan fingerprint density at radius 1 is 1.35 bits per heavy atom. The number of aryl methyl sites for hydroxylation is 1. The number of nitrogens with one attached hydrogen (secondary N) is 1. The second-order valence-electron chi connectivity index (χ2n) is 5.92. The van der Waals surface area contributed by atoms with Crippen LogP contribution in [0.1, 0.15) is 17.4 Å². The van der Waals surface area contributed by atoms with Gasteiger partial charge in [0.05, 0.1) is 12.4 Å². The lowest BCUT2D eigenvalue weighted by Crippen LogP contribution is -2.38. The third-order valence-electron chi connectivity index (χ3n) is 4.14. The molecule has 1 amide bonds. The number of thiophene rings is 1. The molecule has 3 aromatic rings. The average molecular weight is 377 g/mol. The van der Waals surface area contributed by atoms with Crippen LogP contribution >= 0.6 is 11.3 Å². The Morgan fingerprint density at radius 2 is 2.12 bits per heavy atom. The van der Waals surface area contributed by atoms with Gasteiger partial charge in [0.15, 0.2) is 11.2 Å². The summed E-state index contributed by atoms with van der Waals surface area (Å²) in [6.45, 7) is 0.208. The lowest BCUT2D eigenvalue weighted by Gasteiger charge is -2.10. The summed E-state index contributed by atoms with van der Waals surface area (Å²) in [5, 5.41) is 14.6. The largest absolute Gasteiger partial charge is 0.388 e. The van der Waals surface area contributed by atoms with Gasteiger partial charge in [-0.05, 0) is 17.9 Å². The predicted octanol–water partition coefficient (Wildman–Crippen LogP) is -0.265. The summed E-state index contributed by atoms with van der Waals surface area (Å²) < 4.78 is 3.67. The van der Waals surface area contributed by atoms with Crippen LogP contribution in [0.25, 0.3) is 11.2 Å². The van der Waals surface area contributed by atoms with E-state index in [2.05, 4.69) is 10.3 Å². The Bertz CT molecular complexity index is 1050. The van der Waals surface area contributed by atoms with E-state index in [4.69, 9.17) is 0 Å². The number of carbonyl (C=O) groups is 1. The lowest BCUT2D eigenvalue weighted by atomic mass is 10.2. The van der Waals surface area contributed by atoms with Gasteiger partial charge in [-0.1, -0.05) is 6.07 Å². The second kappa shape index (κ2) is 7.26. The molecule has 0 aromatic carbocycles. The Balaban J connectivity index is 1.68. The Labute approximate surface area is 152 Å². The van der Waals surface area contributed by atoms with Crippen LogP contribution in [0.2, 0.25) is 0 Å². The van der Waals surface area contributed by atoms with Gasteiger partial charge in [-0.3, -0.25) is 18.7 Å². The highest BCUT2D eigenvalue weighted by molar-refractivity contribution is 7.10. The fraction of sp³-hybridized carbons (Fsp3) is 0.375. The Hall–Kier alpha value is -2.72. The number of nitrogens with zero attached hydrogens (tertiary/aromatic N) is 4. The van der Waals surface area contributed by atoms with Crippen molar-refractivity contribution in [2.75, 3.05) is 6.54 Å². The first-order valence-corrected chi connectivity index (χ1v) is 8.87. The second-order valence-corrected chi connectivity index (χ2v) is 6.90. The summed E-state index contributed by atoms with van der Waals surface area (Å²) in [7, 11) is 2.90. The minimum Gasteiger partial charge on any atom is -0.388 e. The van der Waals surface area contributed by atoms with E-state index in [1.54, 1.807) is 0 Å². The van der Waals surface area contributed by atoms with E-state index in [-0.39, 0.29) is 23.6 Å². The van der Waals surface area contributed by atoms with Crippen molar-refractivity contribution in [2.24, 2.45) is 14.1 Å². The number of fused-ring (bicyclic) bond motifs is 1. The zero-order chi connectivity index (χ0) is 18.8. The Kier molecular flexibility index (Phi) is 5.05. The zero-order valence-electron chi connectivity index (χ0n) is 14.4. The van der Waals surface area contributed by atoms with Gasteiger partial charge in [0.2, 0.25) is 5.91 Å². The number of amides is 1. The quantitative estimate of drug-likeness (QED) is 0.615. The van der Waals surface area contributed by atoms with Crippen molar-refractivity contribution in [1.82, 2.24) is 24.0 Å². The molecule has 0 radical (unpaired) electrons. The SMILES string of the molecule is Cn1c(=O)c2c(ncn2CC(=O)NCCC(O)c2cccs2)n(C)c1=O. The monoisotopic (exact) mass is 377 g/mol. The molecule has 26 heavy (non-hydrogen) atoms. The molecule has 0 aliphatic rings. The van der Waals surface area contributed by atoms with Gasteiger partial charge in [0.1, 0.15) is 6.54 Å². The van der Waals surface area contributed by atoms with E-state index in [1.165, 1.54) is 40.9 Å². The van der Waals surface area contributed by atoms with Crippen LogP contribution in [0.3, 0.4) is 0 Å². The lowest BCUT2D eigenvalue weighted by molar-refractivity contribution is -0.121. The van der Waals surface area contributed by atoms with Crippen molar-refractivity contribution in [3.63, 3.8) is 0 Å². The van der Waals surface area contributed by atoms with Gasteiger partial charge in [-0.15, -0.1) is 11.3 Å². The average Bonchev–Trinajstić information content (AvgIpc) is 3.28. The molecule has 2 N–H and O–H groups in total. The molecule has 0 aliphatic heterocycles. The molecule has 0 saturated carbocycles. The molecular weight excluding hydrogens is 358 g/mol. The van der Waals surface area contributed by atoms with E-state index < -0.39 is 17.4 Å². The predicted molar refractivity (Wildman–Crippen MR) is 97.1 cm³/mol. The van der Waals surface area contributed by atoms with Crippen molar-refractivity contribution >= 4 is 28.4 Å². The smallest absolute Gasteiger partial charge is 0.332 e. The number of aromatic nitrogens is 4. The molecule has 1 atom stereocenters. The normalized spacial score (nSPS) is 12.4. The molecule has 0 fully saturated rings. The van der Waals surface area contributed by atoms with Crippen LogP contribution in [0.4, 0.5) is 0 Å². The van der Waals surface area contributed by atoms with E-state index in [0.717, 1.165) is 9.44 Å². The van der Waals surface area contributed by atoms with Crippen molar-refractivity contribution in [3.8, 4) is 0 Å². The fourth-order valence-corrected chi connectivity index (χ4v) is 3.45. The third kappa shape index (κ3) is 3.33. The summed E-state index contributed by atoms with van der Waals surface area (Å²) in [5.74, 6) is -0.307. The highest BCUT2D eigenvalue weighted by Gasteiger charge is 2.16. The molecule has 9 nitrogen and oxygen atoms in total. The van der Waals surface area contributed by atoms with Crippen LogP contribution < -0.4 is 16.6 Å². The zero-order valence-corrected chi connectivity index (χ0v) is 15.2. The van der Waals surface area contributed by atoms with Gasteiger partial charge in [-0.2, -0.15) is 0 Å². The fourth-order valence-electron chi connectivity index (χ4n) is 2.70. The molecule has 1 unspecified atom stereocenters. The molecule has 3 heterocycles. The first-order chi connectivity index (χ1) is 12.4. The maximum atomic E-state index is 12.3. The van der Waals surface area contributed by atoms with E-state index in [1.807, 2.05) is 17.5 Å². The van der Waals surface area contributed by atoms with E-state index >= 15 is 0 Å². The number of hydrogen-bond donors (Lipinski definition) is 2. The van der Waals surface area contributed by atoms with Crippen molar-refractivity contribution in [1.29, 1.82) is 0 Å². The molecule has 3 aromatic heterocycles. The van der Waals surface area contributed by atoms with Gasteiger partial charge in [0, 0.05) is 25.5 Å². The minimum absolute atomic E-state index is 0.0982. The first-order valence-electron chi connectivity index (χ1n) is 7.99. The molecule has 10 heteroatoms. The van der Waals surface area contributed by atoms with Crippen LogP contribution in [0.15, 0.2) is 33.4 Å². The number of imidazole rings is 1. The van der Waals surface area contributed by atoms with Crippen molar-refractivity contribution < 1.29 is 9.90 Å². The van der Waals surface area contributed by atoms with Crippen LogP contribution in [0.5, 0.6) is 0 Å². The van der Waals surface area contributed by atoms with Gasteiger partial charge < -0.3 is 15.0 Å². The van der Waals surface area contributed by atoms with Gasteiger partial charge in [-0.25, -0.2) is 9.78 Å². The van der Waals surface area contributed by atoms with Crippen LogP contribution in [-0.4, -0.2) is 36.2 Å². The Morgan fingerprint density at radius 3 is 2.81 bits per heavy atom. The highest BCUT2D eigenvalue weighted by atomic mass is 32.1. The summed E-state index contributed by atoms with van der Waals surface area (Å²) in [6.07, 6.45) is 1.14. The topological polar surface area (TPSA) is 111 Å². The minimum atomic E-state index is -0.619. The van der Waals surface area contributed by atoms with Crippen LogP contribution in [0, 0.1) is 0 Å². The number of aliphatic hydroxyl groups is 1. The number of carbonyl (C=O) groups excluding carboxylic acids is 1. The summed E-state index contributed by atoms with van der Waals surface area (Å²) >= 11 is 1.46. The standard InChI is InChI=1S/C16H19N5O4S/c1-19-14-13(15(24)20(2)16(19)25)21(9-18-14)8-12(23)17-6-5-10(22)11-4-3-7-26-11/h3-4,7,9-10,22H,5-6,8H2,1-2H3,(H,17,23). The maximum Gasteiger partial charge on any atom is 0.332 e. The summed E-state index contributed by atoms with van der Waals surface area (Å²) in [4.78, 5) is 41.3. The summed E-state index contributed by atoms with van der Waals surface area (Å²) in [6, 6.07) is 3.70. The third-order valence-corrected chi connectivity index (χ3v) is 5.12. The number of rotatable bonds is 6. The van der Waals surface area contributed by atoms with Gasteiger partial charge >= 0.3 is 5.69 Å². The molecule has 0 aliphatic carbocycles. The first kappa shape index (κ1) is 18.1. The number of aliphatic hydroxyl groups excluding tert-OH is 1. The van der Waals surface area contributed by atoms with Crippen molar-refractivity contribution in [3.05, 3.63) is 49.6 Å². The molecule has 0 saturated heterocycles.